The predicted molar refractivity (Wildman–Crippen MR) is 93.3 cm³/mol. The van der Waals surface area contributed by atoms with E-state index in [4.69, 9.17) is 4.74 Å². The third kappa shape index (κ3) is 8.55. The molecule has 0 aliphatic heterocycles. The van der Waals surface area contributed by atoms with Crippen LogP contribution in [0.2, 0.25) is 0 Å². The minimum atomic E-state index is -0.474. The van der Waals surface area contributed by atoms with Crippen LogP contribution in [-0.2, 0) is 11.3 Å². The number of amides is 1. The van der Waals surface area contributed by atoms with E-state index in [9.17, 15) is 4.79 Å². The van der Waals surface area contributed by atoms with Gasteiger partial charge in [0.15, 0.2) is 0 Å². The molecule has 1 unspecified atom stereocenters. The first-order chi connectivity index (χ1) is 10.7. The molecule has 1 aromatic heterocycles. The summed E-state index contributed by atoms with van der Waals surface area (Å²) in [5, 5.41) is 6.37. The number of nitrogens with zero attached hydrogens (tertiary/aromatic N) is 1. The molecule has 2 N–H and O–H groups in total. The number of pyridine rings is 1. The summed E-state index contributed by atoms with van der Waals surface area (Å²) in [4.78, 5) is 16.0. The molecule has 0 aliphatic carbocycles. The molecule has 5 heteroatoms. The summed E-state index contributed by atoms with van der Waals surface area (Å²) in [5.74, 6) is 0.544. The van der Waals surface area contributed by atoms with E-state index in [0.717, 1.165) is 13.0 Å². The second kappa shape index (κ2) is 8.87. The van der Waals surface area contributed by atoms with Crippen molar-refractivity contribution >= 4 is 6.09 Å². The van der Waals surface area contributed by atoms with Crippen LogP contribution in [0.5, 0.6) is 0 Å². The van der Waals surface area contributed by atoms with Gasteiger partial charge in [0, 0.05) is 31.5 Å². The van der Waals surface area contributed by atoms with Crippen LogP contribution in [0.25, 0.3) is 0 Å². The number of ether oxygens (including phenoxy) is 1. The lowest BCUT2D eigenvalue weighted by atomic mass is 10.0. The highest BCUT2D eigenvalue weighted by atomic mass is 16.6. The minimum Gasteiger partial charge on any atom is -0.444 e. The highest BCUT2D eigenvalue weighted by Gasteiger charge is 2.18. The summed E-state index contributed by atoms with van der Waals surface area (Å²) in [6.07, 6.45) is 4.30. The van der Waals surface area contributed by atoms with E-state index in [1.807, 2.05) is 33.0 Å². The van der Waals surface area contributed by atoms with Crippen molar-refractivity contribution in [1.29, 1.82) is 0 Å². The highest BCUT2D eigenvalue weighted by molar-refractivity contribution is 5.67. The Morgan fingerprint density at radius 3 is 2.61 bits per heavy atom. The van der Waals surface area contributed by atoms with Crippen LogP contribution in [0.3, 0.4) is 0 Å². The summed E-state index contributed by atoms with van der Waals surface area (Å²) in [5.41, 5.74) is 1.92. The monoisotopic (exact) mass is 321 g/mol. The molecule has 1 aromatic rings. The number of aryl methyl sites for hydroxylation is 1. The van der Waals surface area contributed by atoms with Gasteiger partial charge in [-0.3, -0.25) is 4.98 Å². The number of hydrogen-bond acceptors (Lipinski definition) is 4. The maximum absolute atomic E-state index is 11.8. The lowest BCUT2D eigenvalue weighted by Gasteiger charge is -2.24. The quantitative estimate of drug-likeness (QED) is 0.808. The summed E-state index contributed by atoms with van der Waals surface area (Å²) >= 11 is 0. The highest BCUT2D eigenvalue weighted by Crippen LogP contribution is 2.09. The molecule has 1 rings (SSSR count). The fourth-order valence-corrected chi connectivity index (χ4v) is 2.26. The van der Waals surface area contributed by atoms with Crippen molar-refractivity contribution < 1.29 is 9.53 Å². The normalized spacial score (nSPS) is 13.0. The fourth-order valence-electron chi connectivity index (χ4n) is 2.26. The largest absolute Gasteiger partial charge is 0.444 e. The smallest absolute Gasteiger partial charge is 0.407 e. The van der Waals surface area contributed by atoms with Gasteiger partial charge in [0.2, 0.25) is 0 Å². The number of carbonyl (C=O) groups is 1. The molecular weight excluding hydrogens is 290 g/mol. The van der Waals surface area contributed by atoms with Gasteiger partial charge in [-0.25, -0.2) is 4.79 Å². The number of carbonyl (C=O) groups excluding carboxylic acids is 1. The first-order valence-electron chi connectivity index (χ1n) is 8.27. The van der Waals surface area contributed by atoms with E-state index in [1.165, 1.54) is 11.1 Å². The van der Waals surface area contributed by atoms with Gasteiger partial charge >= 0.3 is 6.09 Å². The lowest BCUT2D eigenvalue weighted by molar-refractivity contribution is 0.0520. The van der Waals surface area contributed by atoms with E-state index in [0.29, 0.717) is 12.5 Å². The van der Waals surface area contributed by atoms with E-state index in [1.54, 1.807) is 6.20 Å². The third-order valence-corrected chi connectivity index (χ3v) is 3.38. The summed E-state index contributed by atoms with van der Waals surface area (Å²) in [6.45, 7) is 13.3. The van der Waals surface area contributed by atoms with Gasteiger partial charge in [-0.1, -0.05) is 13.8 Å². The molecule has 1 heterocycles. The van der Waals surface area contributed by atoms with Crippen LogP contribution in [0, 0.1) is 12.8 Å². The van der Waals surface area contributed by atoms with Crippen molar-refractivity contribution in [2.75, 3.05) is 6.54 Å². The van der Waals surface area contributed by atoms with Gasteiger partial charge in [-0.2, -0.15) is 0 Å². The molecule has 0 bridgehead atoms. The number of rotatable bonds is 7. The van der Waals surface area contributed by atoms with E-state index >= 15 is 0 Å². The Kier molecular flexibility index (Phi) is 7.49. The SMILES string of the molecule is Cc1ccncc1CNC(CNC(=O)OC(C)(C)C)CC(C)C. The lowest BCUT2D eigenvalue weighted by Crippen LogP contribution is -2.43. The molecular formula is C18H31N3O2. The van der Waals surface area contributed by atoms with Crippen LogP contribution in [-0.4, -0.2) is 29.3 Å². The van der Waals surface area contributed by atoms with Crippen LogP contribution in [0.4, 0.5) is 4.79 Å². The van der Waals surface area contributed by atoms with Crippen molar-refractivity contribution in [2.45, 2.75) is 66.2 Å². The second-order valence-electron chi connectivity index (χ2n) is 7.39. The fraction of sp³-hybridized carbons (Fsp3) is 0.667. The van der Waals surface area contributed by atoms with Gasteiger partial charge in [-0.05, 0) is 57.2 Å². The van der Waals surface area contributed by atoms with Crippen LogP contribution < -0.4 is 10.6 Å². The Morgan fingerprint density at radius 2 is 2.04 bits per heavy atom. The topological polar surface area (TPSA) is 63.2 Å². The first kappa shape index (κ1) is 19.4. The van der Waals surface area contributed by atoms with Crippen molar-refractivity contribution in [3.63, 3.8) is 0 Å². The number of alkyl carbamates (subject to hydrolysis) is 1. The van der Waals surface area contributed by atoms with Gasteiger partial charge in [0.1, 0.15) is 5.60 Å². The maximum Gasteiger partial charge on any atom is 0.407 e. The summed E-state index contributed by atoms with van der Waals surface area (Å²) < 4.78 is 5.29. The zero-order valence-electron chi connectivity index (χ0n) is 15.3. The molecule has 23 heavy (non-hydrogen) atoms. The van der Waals surface area contributed by atoms with Crippen LogP contribution >= 0.6 is 0 Å². The molecule has 1 amide bonds. The van der Waals surface area contributed by atoms with Crippen LogP contribution in [0.1, 0.15) is 52.2 Å². The average molecular weight is 321 g/mol. The van der Waals surface area contributed by atoms with Crippen molar-refractivity contribution in [1.82, 2.24) is 15.6 Å². The van der Waals surface area contributed by atoms with E-state index < -0.39 is 5.60 Å². The van der Waals surface area contributed by atoms with Gasteiger partial charge in [-0.15, -0.1) is 0 Å². The summed E-state index contributed by atoms with van der Waals surface area (Å²) in [6, 6.07) is 2.20. The Morgan fingerprint density at radius 1 is 1.35 bits per heavy atom. The number of hydrogen-bond donors (Lipinski definition) is 2. The third-order valence-electron chi connectivity index (χ3n) is 3.38. The first-order valence-corrected chi connectivity index (χ1v) is 8.27. The summed E-state index contributed by atoms with van der Waals surface area (Å²) in [7, 11) is 0. The molecule has 0 aliphatic rings. The van der Waals surface area contributed by atoms with Gasteiger partial charge < -0.3 is 15.4 Å². The zero-order chi connectivity index (χ0) is 17.5. The molecule has 1 atom stereocenters. The number of aromatic nitrogens is 1. The Balaban J connectivity index is 2.52. The van der Waals surface area contributed by atoms with Gasteiger partial charge in [0.05, 0.1) is 0 Å². The molecule has 0 saturated heterocycles. The minimum absolute atomic E-state index is 0.196. The molecule has 0 radical (unpaired) electrons. The van der Waals surface area contributed by atoms with Crippen LogP contribution in [0.15, 0.2) is 18.5 Å². The van der Waals surface area contributed by atoms with Crippen molar-refractivity contribution in [3.8, 4) is 0 Å². The maximum atomic E-state index is 11.8. The molecule has 0 saturated carbocycles. The Labute approximate surface area is 140 Å². The average Bonchev–Trinajstić information content (AvgIpc) is 2.41. The predicted octanol–water partition coefficient (Wildman–Crippen LogP) is 3.42. The van der Waals surface area contributed by atoms with E-state index in [2.05, 4.69) is 36.4 Å². The number of nitrogens with one attached hydrogen (secondary N) is 2. The standard InChI is InChI=1S/C18H31N3O2/c1-13(2)9-16(12-21-17(22)23-18(4,5)6)20-11-15-10-19-8-7-14(15)3/h7-8,10,13,16,20H,9,11-12H2,1-6H3,(H,21,22). The Bertz CT molecular complexity index is 495. The molecule has 0 aromatic carbocycles. The van der Waals surface area contributed by atoms with Gasteiger partial charge in [0.25, 0.3) is 0 Å². The molecule has 5 nitrogen and oxygen atoms in total. The molecule has 0 fully saturated rings. The van der Waals surface area contributed by atoms with E-state index in [-0.39, 0.29) is 12.1 Å². The Hall–Kier alpha value is -1.62. The molecule has 130 valence electrons. The zero-order valence-corrected chi connectivity index (χ0v) is 15.3. The second-order valence-corrected chi connectivity index (χ2v) is 7.39. The van der Waals surface area contributed by atoms with Crippen molar-refractivity contribution in [2.24, 2.45) is 5.92 Å². The molecule has 0 spiro atoms. The van der Waals surface area contributed by atoms with Crippen molar-refractivity contribution in [3.05, 3.63) is 29.6 Å².